The van der Waals surface area contributed by atoms with E-state index in [0.717, 1.165) is 0 Å². The van der Waals surface area contributed by atoms with Crippen molar-refractivity contribution in [2.45, 2.75) is 6.10 Å². The highest BCUT2D eigenvalue weighted by Crippen LogP contribution is 2.28. The monoisotopic (exact) mass is 472 g/mol. The van der Waals surface area contributed by atoms with Crippen molar-refractivity contribution >= 4 is 34.8 Å². The zero-order chi connectivity index (χ0) is 24.8. The summed E-state index contributed by atoms with van der Waals surface area (Å²) in [6.45, 7) is 0. The summed E-state index contributed by atoms with van der Waals surface area (Å²) >= 11 is 0. The van der Waals surface area contributed by atoms with Gasteiger partial charge >= 0.3 is 0 Å². The number of carbonyl (C=O) groups excluding carboxylic acids is 2. The summed E-state index contributed by atoms with van der Waals surface area (Å²) in [4.78, 5) is 43.0. The first-order valence-electron chi connectivity index (χ1n) is 10.0. The highest BCUT2D eigenvalue weighted by atomic mass is 16.6. The number of amides is 2. The number of carbonyl (C=O) groups is 2. The predicted molar refractivity (Wildman–Crippen MR) is 123 cm³/mol. The van der Waals surface area contributed by atoms with Gasteiger partial charge in [-0.05, 0) is 42.0 Å². The molecule has 1 atom stereocenters. The van der Waals surface area contributed by atoms with E-state index in [1.807, 2.05) is 0 Å². The molecule has 0 saturated carbocycles. The first-order valence-corrected chi connectivity index (χ1v) is 10.0. The molecule has 3 aromatic rings. The van der Waals surface area contributed by atoms with Gasteiger partial charge in [-0.15, -0.1) is 0 Å². The highest BCUT2D eigenvalue weighted by Gasteiger charge is 2.38. The lowest BCUT2D eigenvalue weighted by atomic mass is 10.0. The van der Waals surface area contributed by atoms with E-state index >= 15 is 0 Å². The molecule has 1 aromatic carbocycles. The number of hydrazone groups is 2. The second-order valence-corrected chi connectivity index (χ2v) is 6.99. The van der Waals surface area contributed by atoms with Gasteiger partial charge in [-0.25, -0.2) is 10.9 Å². The van der Waals surface area contributed by atoms with Gasteiger partial charge in [0, 0.05) is 48.0 Å². The van der Waals surface area contributed by atoms with Crippen LogP contribution >= 0.6 is 0 Å². The minimum atomic E-state index is -1.02. The molecule has 0 spiro atoms. The molecule has 1 aliphatic rings. The third kappa shape index (κ3) is 5.19. The van der Waals surface area contributed by atoms with Gasteiger partial charge in [-0.1, -0.05) is 0 Å². The van der Waals surface area contributed by atoms with Crippen LogP contribution in [0.2, 0.25) is 0 Å². The Hall–Kier alpha value is -5.33. The van der Waals surface area contributed by atoms with Crippen LogP contribution in [0.4, 0.5) is 5.69 Å². The van der Waals surface area contributed by atoms with Crippen molar-refractivity contribution in [3.8, 4) is 0 Å². The Morgan fingerprint density at radius 2 is 1.40 bits per heavy atom. The lowest BCUT2D eigenvalue weighted by Gasteiger charge is -2.10. The van der Waals surface area contributed by atoms with Gasteiger partial charge in [0.25, 0.3) is 17.5 Å². The third-order valence-corrected chi connectivity index (χ3v) is 4.78. The standard InChI is InChI=1S/C22H16N8O5/c23-20-18(27-29-22(32)15-7-11-25-12-8-15)17(26-28-21(31)14-5-9-24-10-6-14)19(35-20)13-1-3-16(4-2-13)30(33)34/h1-12,19,23H,(H,28,31)(H,29,32)/b23-20?,26-17-,27-18-. The van der Waals surface area contributed by atoms with Crippen molar-refractivity contribution in [1.82, 2.24) is 20.8 Å². The Kier molecular flexibility index (Phi) is 6.58. The van der Waals surface area contributed by atoms with E-state index in [1.165, 1.54) is 73.3 Å². The molecule has 2 amide bonds. The van der Waals surface area contributed by atoms with Crippen LogP contribution in [-0.2, 0) is 4.74 Å². The van der Waals surface area contributed by atoms with Crippen LogP contribution in [0.1, 0.15) is 32.4 Å². The van der Waals surface area contributed by atoms with E-state index in [4.69, 9.17) is 10.1 Å². The Balaban J connectivity index is 1.65. The number of nitrogens with one attached hydrogen (secondary N) is 3. The first-order chi connectivity index (χ1) is 16.9. The van der Waals surface area contributed by atoms with E-state index in [9.17, 15) is 19.7 Å². The van der Waals surface area contributed by atoms with Crippen LogP contribution in [0.15, 0.2) is 83.5 Å². The predicted octanol–water partition coefficient (Wildman–Crippen LogP) is 2.01. The molecule has 174 valence electrons. The van der Waals surface area contributed by atoms with Crippen molar-refractivity contribution in [2.75, 3.05) is 0 Å². The topological polar surface area (TPSA) is 185 Å². The molecular formula is C22H16N8O5. The number of rotatable bonds is 6. The maximum absolute atomic E-state index is 12.5. The maximum atomic E-state index is 12.5. The summed E-state index contributed by atoms with van der Waals surface area (Å²) in [5, 5.41) is 27.3. The number of ether oxygens (including phenoxy) is 1. The van der Waals surface area contributed by atoms with Crippen LogP contribution in [0.25, 0.3) is 0 Å². The lowest BCUT2D eigenvalue weighted by Crippen LogP contribution is -2.28. The zero-order valence-electron chi connectivity index (χ0n) is 17.8. The van der Waals surface area contributed by atoms with Gasteiger partial charge in [0.2, 0.25) is 5.90 Å². The highest BCUT2D eigenvalue weighted by molar-refractivity contribution is 6.69. The SMILES string of the molecule is N=C1OC(c2ccc([N+](=O)[O-])cc2)C(=N\NC(=O)c2ccncc2)/C1=N/NC(=O)c1ccncc1. The molecule has 1 aliphatic heterocycles. The number of non-ortho nitro benzene ring substituents is 1. The van der Waals surface area contributed by atoms with E-state index < -0.39 is 28.7 Å². The molecule has 13 heteroatoms. The number of benzene rings is 1. The van der Waals surface area contributed by atoms with E-state index in [-0.39, 0.29) is 28.2 Å². The summed E-state index contributed by atoms with van der Waals surface area (Å²) < 4.78 is 5.58. The number of nitro groups is 1. The fourth-order valence-electron chi connectivity index (χ4n) is 3.04. The molecular weight excluding hydrogens is 456 g/mol. The molecule has 3 N–H and O–H groups in total. The van der Waals surface area contributed by atoms with E-state index in [2.05, 4.69) is 31.0 Å². The van der Waals surface area contributed by atoms with E-state index in [1.54, 1.807) is 0 Å². The lowest BCUT2D eigenvalue weighted by molar-refractivity contribution is -0.384. The van der Waals surface area contributed by atoms with Crippen LogP contribution in [0.3, 0.4) is 0 Å². The Morgan fingerprint density at radius 3 is 1.91 bits per heavy atom. The maximum Gasteiger partial charge on any atom is 0.271 e. The first kappa shape index (κ1) is 22.8. The number of pyridine rings is 2. The molecule has 2 aromatic heterocycles. The minimum Gasteiger partial charge on any atom is -0.461 e. The van der Waals surface area contributed by atoms with Crippen molar-refractivity contribution in [2.24, 2.45) is 10.2 Å². The zero-order valence-corrected chi connectivity index (χ0v) is 17.8. The number of nitrogens with zero attached hydrogens (tertiary/aromatic N) is 5. The van der Waals surface area contributed by atoms with Crippen molar-refractivity contribution in [1.29, 1.82) is 5.41 Å². The summed E-state index contributed by atoms with van der Waals surface area (Å²) in [6, 6.07) is 11.4. The second-order valence-electron chi connectivity index (χ2n) is 6.99. The molecule has 4 rings (SSSR count). The van der Waals surface area contributed by atoms with Crippen LogP contribution in [0.5, 0.6) is 0 Å². The van der Waals surface area contributed by atoms with Gasteiger partial charge in [0.1, 0.15) is 5.71 Å². The largest absolute Gasteiger partial charge is 0.461 e. The van der Waals surface area contributed by atoms with Crippen LogP contribution < -0.4 is 10.9 Å². The number of hydrogen-bond donors (Lipinski definition) is 3. The van der Waals surface area contributed by atoms with E-state index in [0.29, 0.717) is 5.56 Å². The third-order valence-electron chi connectivity index (χ3n) is 4.78. The van der Waals surface area contributed by atoms with Gasteiger partial charge in [-0.2, -0.15) is 10.2 Å². The fourth-order valence-corrected chi connectivity index (χ4v) is 3.04. The van der Waals surface area contributed by atoms with Crippen LogP contribution in [0, 0.1) is 15.5 Å². The molecule has 0 bridgehead atoms. The molecule has 35 heavy (non-hydrogen) atoms. The molecule has 3 heterocycles. The van der Waals surface area contributed by atoms with Crippen molar-refractivity contribution < 1.29 is 19.2 Å². The van der Waals surface area contributed by atoms with Gasteiger partial charge in [0.15, 0.2) is 11.8 Å². The number of nitro benzene ring substituents is 1. The second kappa shape index (κ2) is 10.1. The summed E-state index contributed by atoms with van der Waals surface area (Å²) in [5.74, 6) is -1.53. The average Bonchev–Trinajstić information content (AvgIpc) is 3.21. The molecule has 1 fully saturated rings. The van der Waals surface area contributed by atoms with Crippen molar-refractivity contribution in [3.05, 3.63) is 100 Å². The molecule has 1 saturated heterocycles. The molecule has 0 radical (unpaired) electrons. The van der Waals surface area contributed by atoms with Crippen LogP contribution in [-0.4, -0.2) is 44.0 Å². The van der Waals surface area contributed by atoms with Gasteiger partial charge in [-0.3, -0.25) is 35.1 Å². The quantitative estimate of drug-likeness (QED) is 0.362. The molecule has 0 aliphatic carbocycles. The molecule has 1 unspecified atom stereocenters. The Labute approximate surface area is 197 Å². The summed E-state index contributed by atoms with van der Waals surface area (Å²) in [6.07, 6.45) is 4.75. The normalized spacial score (nSPS) is 17.1. The van der Waals surface area contributed by atoms with Crippen molar-refractivity contribution in [3.63, 3.8) is 0 Å². The average molecular weight is 472 g/mol. The fraction of sp³-hybridized carbons (Fsp3) is 0.0455. The number of aromatic nitrogens is 2. The van der Waals surface area contributed by atoms with Gasteiger partial charge < -0.3 is 4.74 Å². The minimum absolute atomic E-state index is 0.0151. The summed E-state index contributed by atoms with van der Waals surface area (Å²) in [7, 11) is 0. The Bertz CT molecular complexity index is 1340. The smallest absolute Gasteiger partial charge is 0.271 e. The number of hydrogen-bond acceptors (Lipinski definition) is 10. The molecule has 13 nitrogen and oxygen atoms in total. The summed E-state index contributed by atoms with van der Waals surface area (Å²) in [5.41, 5.74) is 5.44. The Morgan fingerprint density at radius 1 is 0.886 bits per heavy atom. The van der Waals surface area contributed by atoms with Gasteiger partial charge in [0.05, 0.1) is 4.92 Å².